The fourth-order valence-electron chi connectivity index (χ4n) is 3.01. The van der Waals surface area contributed by atoms with Crippen molar-refractivity contribution in [2.24, 2.45) is 4.99 Å². The molecule has 0 radical (unpaired) electrons. The molecular formula is C24H17Cl2N3O3. The number of rotatable bonds is 5. The Labute approximate surface area is 194 Å². The van der Waals surface area contributed by atoms with Crippen molar-refractivity contribution < 1.29 is 15.0 Å². The normalized spacial score (nSPS) is 14.4. The maximum absolute atomic E-state index is 11.5. The number of para-hydroxylation sites is 1. The molecule has 1 aliphatic carbocycles. The number of aromatic hydroxyl groups is 2. The second kappa shape index (κ2) is 9.18. The topological polar surface area (TPSA) is 94.0 Å². The van der Waals surface area contributed by atoms with Gasteiger partial charge in [-0.2, -0.15) is 0 Å². The Kier molecular flexibility index (Phi) is 6.16. The number of ketones is 1. The van der Waals surface area contributed by atoms with Crippen LogP contribution in [0, 0.1) is 0 Å². The second-order valence-electron chi connectivity index (χ2n) is 6.89. The fraction of sp³-hybridized carbons (Fsp3) is 0. The maximum atomic E-state index is 11.5. The molecule has 32 heavy (non-hydrogen) atoms. The highest BCUT2D eigenvalue weighted by Gasteiger charge is 2.15. The first-order valence-corrected chi connectivity index (χ1v) is 10.3. The summed E-state index contributed by atoms with van der Waals surface area (Å²) in [5.41, 5.74) is 3.02. The smallest absolute Gasteiger partial charge is 0.180 e. The minimum Gasteiger partial charge on any atom is -0.508 e. The van der Waals surface area contributed by atoms with E-state index in [1.807, 2.05) is 30.3 Å². The van der Waals surface area contributed by atoms with Crippen molar-refractivity contribution in [1.82, 2.24) is 0 Å². The first kappa shape index (κ1) is 21.5. The number of allylic oxidation sites excluding steroid dienone is 4. The van der Waals surface area contributed by atoms with Crippen molar-refractivity contribution in [2.45, 2.75) is 0 Å². The highest BCUT2D eigenvalue weighted by atomic mass is 35.5. The van der Waals surface area contributed by atoms with Crippen LogP contribution in [0.3, 0.4) is 0 Å². The Morgan fingerprint density at radius 2 is 1.59 bits per heavy atom. The van der Waals surface area contributed by atoms with Crippen molar-refractivity contribution in [3.05, 3.63) is 88.9 Å². The quantitative estimate of drug-likeness (QED) is 0.194. The number of nitrogens with zero attached hydrogens (tertiary/aromatic N) is 1. The molecule has 8 heteroatoms. The minimum absolute atomic E-state index is 0.0272. The van der Waals surface area contributed by atoms with Gasteiger partial charge in [0, 0.05) is 23.9 Å². The zero-order chi connectivity index (χ0) is 22.7. The molecule has 0 spiro atoms. The second-order valence-corrected chi connectivity index (χ2v) is 7.71. The van der Waals surface area contributed by atoms with Crippen LogP contribution in [-0.2, 0) is 4.79 Å². The lowest BCUT2D eigenvalue weighted by Crippen LogP contribution is -2.04. The number of nitrogens with one attached hydrogen (secondary N) is 2. The number of carbonyl (C=O) groups is 1. The van der Waals surface area contributed by atoms with Gasteiger partial charge in [0.2, 0.25) is 0 Å². The molecule has 0 bridgehead atoms. The van der Waals surface area contributed by atoms with E-state index in [0.29, 0.717) is 28.5 Å². The highest BCUT2D eigenvalue weighted by Crippen LogP contribution is 2.40. The van der Waals surface area contributed by atoms with Gasteiger partial charge in [-0.1, -0.05) is 41.4 Å². The van der Waals surface area contributed by atoms with E-state index >= 15 is 0 Å². The Morgan fingerprint density at radius 1 is 0.812 bits per heavy atom. The largest absolute Gasteiger partial charge is 0.508 e. The van der Waals surface area contributed by atoms with Gasteiger partial charge in [-0.15, -0.1) is 0 Å². The summed E-state index contributed by atoms with van der Waals surface area (Å²) in [6.07, 6.45) is 4.21. The van der Waals surface area contributed by atoms with Gasteiger partial charge in [0.15, 0.2) is 5.78 Å². The average molecular weight is 466 g/mol. The van der Waals surface area contributed by atoms with Gasteiger partial charge in [-0.3, -0.25) is 4.79 Å². The van der Waals surface area contributed by atoms with Gasteiger partial charge in [0.25, 0.3) is 0 Å². The third-order valence-electron chi connectivity index (χ3n) is 4.55. The number of carbonyl (C=O) groups excluding carboxylic acids is 1. The lowest BCUT2D eigenvalue weighted by molar-refractivity contribution is -0.110. The van der Waals surface area contributed by atoms with Crippen LogP contribution in [0.4, 0.5) is 28.4 Å². The van der Waals surface area contributed by atoms with Crippen LogP contribution in [0.2, 0.25) is 5.02 Å². The molecule has 0 saturated heterocycles. The van der Waals surface area contributed by atoms with Gasteiger partial charge in [0.1, 0.15) is 11.5 Å². The zero-order valence-corrected chi connectivity index (χ0v) is 18.0. The van der Waals surface area contributed by atoms with Crippen LogP contribution < -0.4 is 10.6 Å². The minimum atomic E-state index is -0.216. The number of phenols is 2. The van der Waals surface area contributed by atoms with E-state index < -0.39 is 0 Å². The molecule has 1 aliphatic rings. The lowest BCUT2D eigenvalue weighted by atomic mass is 10.1. The summed E-state index contributed by atoms with van der Waals surface area (Å²) < 4.78 is 0. The summed E-state index contributed by atoms with van der Waals surface area (Å²) in [7, 11) is 0. The Hall–Kier alpha value is -3.74. The van der Waals surface area contributed by atoms with Crippen molar-refractivity contribution in [3.8, 4) is 11.5 Å². The number of anilines is 4. The van der Waals surface area contributed by atoms with Crippen LogP contribution in [0.5, 0.6) is 11.5 Å². The summed E-state index contributed by atoms with van der Waals surface area (Å²) in [4.78, 5) is 16.1. The van der Waals surface area contributed by atoms with Gasteiger partial charge >= 0.3 is 0 Å². The summed E-state index contributed by atoms with van der Waals surface area (Å²) in [5.74, 6) is -0.238. The van der Waals surface area contributed by atoms with E-state index in [4.69, 9.17) is 23.2 Å². The summed E-state index contributed by atoms with van der Waals surface area (Å²) in [6, 6.07) is 17.0. The molecule has 4 N–H and O–H groups in total. The number of phenolic OH excluding ortho intramolecular Hbond substituents is 2. The van der Waals surface area contributed by atoms with Gasteiger partial charge in [0.05, 0.1) is 38.5 Å². The van der Waals surface area contributed by atoms with Crippen LogP contribution >= 0.6 is 23.2 Å². The SMILES string of the molecule is O=C1C=CC(=Nc2cc(Nc3ccc(O)cc3Cl)c(O)cc2Nc2ccccc2)C(Cl)=C1. The molecule has 3 aromatic rings. The van der Waals surface area contributed by atoms with Crippen LogP contribution in [0.25, 0.3) is 0 Å². The van der Waals surface area contributed by atoms with Crippen molar-refractivity contribution in [1.29, 1.82) is 0 Å². The zero-order valence-electron chi connectivity index (χ0n) is 16.5. The molecule has 0 fully saturated rings. The number of hydrogen-bond donors (Lipinski definition) is 4. The average Bonchev–Trinajstić information content (AvgIpc) is 2.75. The summed E-state index contributed by atoms with van der Waals surface area (Å²) in [6.45, 7) is 0. The van der Waals surface area contributed by atoms with Crippen LogP contribution in [0.1, 0.15) is 0 Å². The Morgan fingerprint density at radius 3 is 2.31 bits per heavy atom. The van der Waals surface area contributed by atoms with Crippen LogP contribution in [-0.4, -0.2) is 21.7 Å². The molecule has 0 amide bonds. The van der Waals surface area contributed by atoms with E-state index in [0.717, 1.165) is 5.69 Å². The standard InChI is InChI=1S/C24H17Cl2N3O3/c25-17-10-15(30)6-8-19(17)28-21-12-23(29-20-9-7-16(31)11-18(20)26)24(32)13-22(21)27-14-4-2-1-3-5-14/h1-13,27,29,31-32H. The first-order valence-electron chi connectivity index (χ1n) is 9.52. The lowest BCUT2D eigenvalue weighted by Gasteiger charge is -2.16. The van der Waals surface area contributed by atoms with E-state index in [2.05, 4.69) is 15.6 Å². The molecule has 6 nitrogen and oxygen atoms in total. The molecule has 0 aliphatic heterocycles. The van der Waals surface area contributed by atoms with Gasteiger partial charge in [-0.05, 0) is 42.5 Å². The first-order chi connectivity index (χ1) is 15.4. The van der Waals surface area contributed by atoms with Crippen molar-refractivity contribution in [3.63, 3.8) is 0 Å². The summed E-state index contributed by atoms with van der Waals surface area (Å²) >= 11 is 12.4. The van der Waals surface area contributed by atoms with E-state index in [-0.39, 0.29) is 27.3 Å². The van der Waals surface area contributed by atoms with Crippen LogP contribution in [0.15, 0.2) is 88.9 Å². The number of benzene rings is 3. The van der Waals surface area contributed by atoms with E-state index in [1.165, 1.54) is 36.4 Å². The molecule has 0 saturated carbocycles. The Bertz CT molecular complexity index is 1290. The molecule has 0 unspecified atom stereocenters. The monoisotopic (exact) mass is 465 g/mol. The number of halogens is 2. The molecule has 3 aromatic carbocycles. The predicted octanol–water partition coefficient (Wildman–Crippen LogP) is 6.57. The molecular weight excluding hydrogens is 449 g/mol. The highest BCUT2D eigenvalue weighted by molar-refractivity contribution is 6.48. The van der Waals surface area contributed by atoms with Crippen molar-refractivity contribution >= 4 is 63.1 Å². The van der Waals surface area contributed by atoms with Gasteiger partial charge < -0.3 is 20.8 Å². The third-order valence-corrected chi connectivity index (χ3v) is 5.16. The summed E-state index contributed by atoms with van der Waals surface area (Å²) in [5, 5.41) is 27.0. The molecule has 160 valence electrons. The Balaban J connectivity index is 1.78. The number of aliphatic imine (C=N–C) groups is 1. The van der Waals surface area contributed by atoms with Crippen molar-refractivity contribution in [2.75, 3.05) is 10.6 Å². The molecule has 0 heterocycles. The maximum Gasteiger partial charge on any atom is 0.180 e. The molecule has 4 rings (SSSR count). The molecule has 0 aromatic heterocycles. The van der Waals surface area contributed by atoms with E-state index in [1.54, 1.807) is 12.1 Å². The van der Waals surface area contributed by atoms with E-state index in [9.17, 15) is 15.0 Å². The van der Waals surface area contributed by atoms with Gasteiger partial charge in [-0.25, -0.2) is 4.99 Å². The fourth-order valence-corrected chi connectivity index (χ4v) is 3.44. The predicted molar refractivity (Wildman–Crippen MR) is 129 cm³/mol. The molecule has 0 atom stereocenters. The third kappa shape index (κ3) is 4.94. The number of hydrogen-bond acceptors (Lipinski definition) is 6.